The second-order valence-electron chi connectivity index (χ2n) is 4.45. The zero-order valence-corrected chi connectivity index (χ0v) is 12.6. The van der Waals surface area contributed by atoms with Gasteiger partial charge in [0.1, 0.15) is 11.5 Å². The maximum Gasteiger partial charge on any atom is 0.329 e. The Morgan fingerprint density at radius 2 is 2.10 bits per heavy atom. The van der Waals surface area contributed by atoms with Crippen LogP contribution >= 0.6 is 0 Å². The number of hydrogen-bond acceptors (Lipinski definition) is 3. The van der Waals surface area contributed by atoms with E-state index in [9.17, 15) is 9.59 Å². The Kier molecular flexibility index (Phi) is 4.57. The molecule has 1 aliphatic heterocycles. The maximum absolute atomic E-state index is 11.9. The molecule has 0 bridgehead atoms. The van der Waals surface area contributed by atoms with Crippen molar-refractivity contribution in [3.63, 3.8) is 0 Å². The molecule has 0 saturated carbocycles. The fraction of sp³-hybridized carbons (Fsp3) is 0.400. The van der Waals surface area contributed by atoms with Crippen LogP contribution in [0.25, 0.3) is 5.65 Å². The van der Waals surface area contributed by atoms with Crippen LogP contribution in [-0.4, -0.2) is 27.9 Å². The van der Waals surface area contributed by atoms with E-state index in [-0.39, 0.29) is 11.9 Å². The number of amides is 3. The van der Waals surface area contributed by atoms with Crippen LogP contribution in [0.1, 0.15) is 32.8 Å². The van der Waals surface area contributed by atoms with Crippen LogP contribution in [0.5, 0.6) is 0 Å². The third-order valence-corrected chi connectivity index (χ3v) is 3.31. The van der Waals surface area contributed by atoms with Crippen LogP contribution in [0.15, 0.2) is 24.5 Å². The van der Waals surface area contributed by atoms with Gasteiger partial charge in [-0.2, -0.15) is 0 Å². The summed E-state index contributed by atoms with van der Waals surface area (Å²) in [6, 6.07) is 3.57. The number of nitrogens with one attached hydrogen (secondary N) is 1. The molecule has 3 rings (SSSR count). The number of rotatable bonds is 2. The van der Waals surface area contributed by atoms with Crippen molar-refractivity contribution in [1.29, 1.82) is 0 Å². The first-order valence-electron chi connectivity index (χ1n) is 7.27. The fourth-order valence-corrected chi connectivity index (χ4v) is 2.31. The number of imide groups is 1. The molecule has 2 aromatic rings. The Morgan fingerprint density at radius 1 is 1.33 bits per heavy atom. The average molecular weight is 288 g/mol. The van der Waals surface area contributed by atoms with Crippen molar-refractivity contribution in [2.24, 2.45) is 0 Å². The number of pyridine rings is 1. The zero-order chi connectivity index (χ0) is 15.4. The van der Waals surface area contributed by atoms with Gasteiger partial charge in [-0.3, -0.25) is 19.4 Å². The standard InChI is InChI=1S/C13H14N4O2.C2H6/c1-2-9-4-3-6-16-11(8-14-12(9)16)17-7-5-10(18)15-13(17)19;1-2/h3-4,6,8H,2,5,7H2,1H3,(H,15,18,19);1-2H3. The Bertz CT molecular complexity index is 663. The molecule has 1 saturated heterocycles. The van der Waals surface area contributed by atoms with Gasteiger partial charge in [0, 0.05) is 19.2 Å². The molecule has 3 amide bonds. The van der Waals surface area contributed by atoms with E-state index in [4.69, 9.17) is 0 Å². The summed E-state index contributed by atoms with van der Waals surface area (Å²) in [5, 5.41) is 2.32. The Labute approximate surface area is 123 Å². The van der Waals surface area contributed by atoms with E-state index >= 15 is 0 Å². The fourth-order valence-electron chi connectivity index (χ4n) is 2.31. The molecular weight excluding hydrogens is 268 g/mol. The molecule has 21 heavy (non-hydrogen) atoms. The van der Waals surface area contributed by atoms with Crippen LogP contribution < -0.4 is 10.2 Å². The zero-order valence-electron chi connectivity index (χ0n) is 12.6. The molecule has 1 fully saturated rings. The van der Waals surface area contributed by atoms with Crippen LogP contribution in [-0.2, 0) is 11.2 Å². The third kappa shape index (κ3) is 2.74. The first kappa shape index (κ1) is 15.0. The van der Waals surface area contributed by atoms with Gasteiger partial charge in [0.15, 0.2) is 0 Å². The minimum Gasteiger partial charge on any atom is -0.286 e. The number of imidazole rings is 1. The summed E-state index contributed by atoms with van der Waals surface area (Å²) in [5.74, 6) is 0.458. The maximum atomic E-state index is 11.9. The van der Waals surface area contributed by atoms with E-state index in [1.807, 2.05) is 36.6 Å². The van der Waals surface area contributed by atoms with Crippen molar-refractivity contribution in [3.05, 3.63) is 30.1 Å². The normalized spacial score (nSPS) is 14.7. The molecule has 0 atom stereocenters. The first-order chi connectivity index (χ1) is 10.2. The number of anilines is 1. The highest BCUT2D eigenvalue weighted by Gasteiger charge is 2.26. The lowest BCUT2D eigenvalue weighted by molar-refractivity contribution is -0.120. The van der Waals surface area contributed by atoms with Gasteiger partial charge < -0.3 is 0 Å². The quantitative estimate of drug-likeness (QED) is 0.922. The average Bonchev–Trinajstić information content (AvgIpc) is 2.93. The van der Waals surface area contributed by atoms with Crippen LogP contribution in [0.4, 0.5) is 10.6 Å². The monoisotopic (exact) mass is 288 g/mol. The van der Waals surface area contributed by atoms with Gasteiger partial charge in [-0.05, 0) is 18.1 Å². The molecule has 6 nitrogen and oxygen atoms in total. The summed E-state index contributed by atoms with van der Waals surface area (Å²) < 4.78 is 1.88. The van der Waals surface area contributed by atoms with E-state index in [2.05, 4.69) is 17.2 Å². The number of hydrogen-bond donors (Lipinski definition) is 1. The van der Waals surface area contributed by atoms with Gasteiger partial charge in [0.25, 0.3) is 0 Å². The van der Waals surface area contributed by atoms with Gasteiger partial charge in [0.2, 0.25) is 5.91 Å². The number of fused-ring (bicyclic) bond motifs is 1. The number of nitrogens with zero attached hydrogens (tertiary/aromatic N) is 3. The van der Waals surface area contributed by atoms with Crippen LogP contribution in [0, 0.1) is 0 Å². The first-order valence-corrected chi connectivity index (χ1v) is 7.27. The Hall–Kier alpha value is -2.37. The summed E-state index contributed by atoms with van der Waals surface area (Å²) in [6.07, 6.45) is 4.74. The Balaban J connectivity index is 0.000000774. The number of carbonyl (C=O) groups excluding carboxylic acids is 2. The highest BCUT2D eigenvalue weighted by atomic mass is 16.2. The van der Waals surface area contributed by atoms with E-state index in [0.29, 0.717) is 18.8 Å². The summed E-state index contributed by atoms with van der Waals surface area (Å²) in [6.45, 7) is 6.45. The van der Waals surface area contributed by atoms with Crippen molar-refractivity contribution < 1.29 is 9.59 Å². The SMILES string of the molecule is CC.CCc1cccn2c(N3CCC(=O)NC3=O)cnc12. The van der Waals surface area contributed by atoms with E-state index < -0.39 is 0 Å². The topological polar surface area (TPSA) is 66.7 Å². The van der Waals surface area contributed by atoms with Crippen LogP contribution in [0.2, 0.25) is 0 Å². The largest absolute Gasteiger partial charge is 0.329 e. The summed E-state index contributed by atoms with van der Waals surface area (Å²) >= 11 is 0. The lowest BCUT2D eigenvalue weighted by atomic mass is 10.2. The molecule has 1 N–H and O–H groups in total. The van der Waals surface area contributed by atoms with Gasteiger partial charge in [0.05, 0.1) is 6.20 Å². The molecule has 0 aromatic carbocycles. The molecule has 0 spiro atoms. The number of carbonyl (C=O) groups is 2. The van der Waals surface area contributed by atoms with Crippen LogP contribution in [0.3, 0.4) is 0 Å². The van der Waals surface area contributed by atoms with Gasteiger partial charge in [-0.25, -0.2) is 9.78 Å². The predicted molar refractivity (Wildman–Crippen MR) is 81.4 cm³/mol. The minimum atomic E-state index is -0.389. The van der Waals surface area contributed by atoms with Crippen molar-refractivity contribution in [2.45, 2.75) is 33.6 Å². The second-order valence-corrected chi connectivity index (χ2v) is 4.45. The molecule has 3 heterocycles. The molecule has 0 aliphatic carbocycles. The molecule has 6 heteroatoms. The smallest absolute Gasteiger partial charge is 0.286 e. The van der Waals surface area contributed by atoms with E-state index in [1.54, 1.807) is 11.1 Å². The Morgan fingerprint density at radius 3 is 2.76 bits per heavy atom. The number of aromatic nitrogens is 2. The molecule has 0 unspecified atom stereocenters. The highest BCUT2D eigenvalue weighted by molar-refractivity contribution is 6.05. The van der Waals surface area contributed by atoms with Gasteiger partial charge >= 0.3 is 6.03 Å². The summed E-state index contributed by atoms with van der Waals surface area (Å²) in [7, 11) is 0. The summed E-state index contributed by atoms with van der Waals surface area (Å²) in [5.41, 5.74) is 1.98. The number of urea groups is 1. The second kappa shape index (κ2) is 6.39. The molecule has 112 valence electrons. The van der Waals surface area contributed by atoms with E-state index in [0.717, 1.165) is 17.6 Å². The van der Waals surface area contributed by atoms with E-state index in [1.165, 1.54) is 0 Å². The predicted octanol–water partition coefficient (Wildman–Crippen LogP) is 2.37. The lowest BCUT2D eigenvalue weighted by Gasteiger charge is -2.25. The van der Waals surface area contributed by atoms with Crippen molar-refractivity contribution in [2.75, 3.05) is 11.4 Å². The molecule has 0 radical (unpaired) electrons. The van der Waals surface area contributed by atoms with Crippen molar-refractivity contribution in [3.8, 4) is 0 Å². The molecule has 2 aromatic heterocycles. The van der Waals surface area contributed by atoms with Gasteiger partial charge in [-0.15, -0.1) is 0 Å². The molecular formula is C15H20N4O2. The highest BCUT2D eigenvalue weighted by Crippen LogP contribution is 2.21. The lowest BCUT2D eigenvalue weighted by Crippen LogP contribution is -2.50. The summed E-state index contributed by atoms with van der Waals surface area (Å²) in [4.78, 5) is 28.9. The van der Waals surface area contributed by atoms with Gasteiger partial charge in [-0.1, -0.05) is 26.8 Å². The number of aryl methyl sites for hydroxylation is 1. The van der Waals surface area contributed by atoms with Crippen molar-refractivity contribution >= 4 is 23.4 Å². The molecule has 1 aliphatic rings. The minimum absolute atomic E-state index is 0.232. The third-order valence-electron chi connectivity index (χ3n) is 3.31. The van der Waals surface area contributed by atoms with Crippen molar-refractivity contribution in [1.82, 2.24) is 14.7 Å².